The molecule has 0 fully saturated rings. The van der Waals surface area contributed by atoms with E-state index in [0.29, 0.717) is 36.5 Å². The van der Waals surface area contributed by atoms with E-state index >= 15 is 0 Å². The summed E-state index contributed by atoms with van der Waals surface area (Å²) in [4.78, 5) is 16.3. The van der Waals surface area contributed by atoms with Gasteiger partial charge in [0.1, 0.15) is 5.82 Å². The van der Waals surface area contributed by atoms with Gasteiger partial charge in [0.25, 0.3) is 0 Å². The predicted molar refractivity (Wildman–Crippen MR) is 91.6 cm³/mol. The molecule has 1 aromatic carbocycles. The molecule has 0 aliphatic carbocycles. The van der Waals surface area contributed by atoms with E-state index in [9.17, 15) is 4.79 Å². The Morgan fingerprint density at radius 2 is 1.96 bits per heavy atom. The molecule has 2 rings (SSSR count). The van der Waals surface area contributed by atoms with Crippen molar-refractivity contribution in [2.24, 2.45) is 17.6 Å². The number of anilines is 1. The number of aromatic amines is 1. The molecule has 23 heavy (non-hydrogen) atoms. The van der Waals surface area contributed by atoms with Crippen molar-refractivity contribution in [2.45, 2.75) is 40.2 Å². The van der Waals surface area contributed by atoms with Gasteiger partial charge in [0, 0.05) is 17.7 Å². The maximum Gasteiger partial charge on any atom is 0.224 e. The van der Waals surface area contributed by atoms with Crippen LogP contribution in [-0.2, 0) is 11.3 Å². The Kier molecular flexibility index (Phi) is 5.87. The van der Waals surface area contributed by atoms with Crippen molar-refractivity contribution in [1.29, 1.82) is 0 Å². The second-order valence-electron chi connectivity index (χ2n) is 6.37. The van der Waals surface area contributed by atoms with Gasteiger partial charge >= 0.3 is 0 Å². The van der Waals surface area contributed by atoms with Crippen LogP contribution in [0.3, 0.4) is 0 Å². The molecule has 0 saturated heterocycles. The van der Waals surface area contributed by atoms with Gasteiger partial charge in [-0.05, 0) is 42.5 Å². The van der Waals surface area contributed by atoms with Crippen LogP contribution >= 0.6 is 0 Å². The predicted octanol–water partition coefficient (Wildman–Crippen LogP) is 2.94. The van der Waals surface area contributed by atoms with Crippen LogP contribution in [0.1, 0.15) is 39.4 Å². The minimum absolute atomic E-state index is 0.0502. The summed E-state index contributed by atoms with van der Waals surface area (Å²) < 4.78 is 0. The molecule has 1 atom stereocenters. The molecule has 0 saturated carbocycles. The highest BCUT2D eigenvalue weighted by Gasteiger charge is 2.11. The summed E-state index contributed by atoms with van der Waals surface area (Å²) in [6.07, 6.45) is 1.60. The van der Waals surface area contributed by atoms with E-state index in [1.165, 1.54) is 0 Å². The van der Waals surface area contributed by atoms with Crippen molar-refractivity contribution < 1.29 is 4.79 Å². The van der Waals surface area contributed by atoms with E-state index in [1.54, 1.807) is 0 Å². The number of nitrogens with two attached hydrogens (primary N) is 1. The number of carbonyl (C=O) groups excluding carboxylic acids is 1. The van der Waals surface area contributed by atoms with Gasteiger partial charge in [-0.15, -0.1) is 0 Å². The largest absolute Gasteiger partial charge is 0.326 e. The van der Waals surface area contributed by atoms with Crippen LogP contribution in [0.15, 0.2) is 24.3 Å². The molecular weight excluding hydrogens is 290 g/mol. The lowest BCUT2D eigenvalue weighted by Gasteiger charge is -2.13. The van der Waals surface area contributed by atoms with Crippen molar-refractivity contribution in [1.82, 2.24) is 15.2 Å². The molecule has 4 N–H and O–H groups in total. The summed E-state index contributed by atoms with van der Waals surface area (Å²) in [5.74, 6) is 2.30. The number of benzene rings is 1. The van der Waals surface area contributed by atoms with Gasteiger partial charge < -0.3 is 11.1 Å². The number of H-pyrrole nitrogens is 1. The summed E-state index contributed by atoms with van der Waals surface area (Å²) in [5, 5.41) is 9.83. The molecule has 6 nitrogen and oxygen atoms in total. The average Bonchev–Trinajstić information content (AvgIpc) is 2.95. The summed E-state index contributed by atoms with van der Waals surface area (Å²) in [5.41, 5.74) is 7.17. The molecule has 1 heterocycles. The van der Waals surface area contributed by atoms with E-state index < -0.39 is 0 Å². The van der Waals surface area contributed by atoms with Crippen LogP contribution in [0.4, 0.5) is 5.69 Å². The molecule has 0 bridgehead atoms. The topological polar surface area (TPSA) is 96.7 Å². The molecule has 1 aromatic heterocycles. The Morgan fingerprint density at radius 1 is 1.26 bits per heavy atom. The SMILES string of the molecule is CC(C)CC(C)CC(=O)Nc1ccc(-c2n[nH]c(CN)n2)cc1. The molecule has 0 aliphatic rings. The lowest BCUT2D eigenvalue weighted by molar-refractivity contribution is -0.117. The molecule has 124 valence electrons. The number of nitrogens with zero attached hydrogens (tertiary/aromatic N) is 2. The fraction of sp³-hybridized carbons (Fsp3) is 0.471. The fourth-order valence-corrected chi connectivity index (χ4v) is 2.63. The number of amides is 1. The second kappa shape index (κ2) is 7.87. The van der Waals surface area contributed by atoms with Gasteiger partial charge in [-0.2, -0.15) is 5.10 Å². The van der Waals surface area contributed by atoms with Crippen molar-refractivity contribution in [3.8, 4) is 11.4 Å². The van der Waals surface area contributed by atoms with Crippen LogP contribution in [-0.4, -0.2) is 21.1 Å². The van der Waals surface area contributed by atoms with E-state index in [2.05, 4.69) is 41.3 Å². The number of hydrogen-bond donors (Lipinski definition) is 3. The monoisotopic (exact) mass is 315 g/mol. The molecule has 1 unspecified atom stereocenters. The Hall–Kier alpha value is -2.21. The van der Waals surface area contributed by atoms with Crippen molar-refractivity contribution in [3.05, 3.63) is 30.1 Å². The minimum atomic E-state index is 0.0502. The zero-order chi connectivity index (χ0) is 16.8. The zero-order valence-electron chi connectivity index (χ0n) is 14.0. The number of aromatic nitrogens is 3. The number of carbonyl (C=O) groups is 1. The Balaban J connectivity index is 1.93. The first kappa shape index (κ1) is 17.1. The molecule has 2 aromatic rings. The zero-order valence-corrected chi connectivity index (χ0v) is 14.0. The lowest BCUT2D eigenvalue weighted by atomic mass is 9.96. The fourth-order valence-electron chi connectivity index (χ4n) is 2.63. The molecular formula is C17H25N5O. The Morgan fingerprint density at radius 3 is 2.52 bits per heavy atom. The van der Waals surface area contributed by atoms with Crippen LogP contribution < -0.4 is 11.1 Å². The number of rotatable bonds is 7. The highest BCUT2D eigenvalue weighted by Crippen LogP contribution is 2.19. The van der Waals surface area contributed by atoms with Gasteiger partial charge in [0.15, 0.2) is 5.82 Å². The third-order valence-electron chi connectivity index (χ3n) is 3.56. The highest BCUT2D eigenvalue weighted by molar-refractivity contribution is 5.91. The van der Waals surface area contributed by atoms with Gasteiger partial charge in [-0.1, -0.05) is 20.8 Å². The summed E-state index contributed by atoms with van der Waals surface area (Å²) in [7, 11) is 0. The number of nitrogens with one attached hydrogen (secondary N) is 2. The summed E-state index contributed by atoms with van der Waals surface area (Å²) in [6, 6.07) is 7.49. The first-order valence-electron chi connectivity index (χ1n) is 7.99. The van der Waals surface area contributed by atoms with Crippen molar-refractivity contribution >= 4 is 11.6 Å². The Bertz CT molecular complexity index is 633. The Labute approximate surface area is 136 Å². The van der Waals surface area contributed by atoms with Crippen LogP contribution in [0.25, 0.3) is 11.4 Å². The molecule has 0 radical (unpaired) electrons. The van der Waals surface area contributed by atoms with Crippen LogP contribution in [0, 0.1) is 11.8 Å². The van der Waals surface area contributed by atoms with E-state index in [1.807, 2.05) is 24.3 Å². The first-order chi connectivity index (χ1) is 11.0. The smallest absolute Gasteiger partial charge is 0.224 e. The summed E-state index contributed by atoms with van der Waals surface area (Å²) in [6.45, 7) is 6.79. The highest BCUT2D eigenvalue weighted by atomic mass is 16.1. The van der Waals surface area contributed by atoms with Gasteiger partial charge in [0.2, 0.25) is 5.91 Å². The third kappa shape index (κ3) is 5.17. The standard InChI is InChI=1S/C17H25N5O/c1-11(2)8-12(3)9-16(23)19-14-6-4-13(5-7-14)17-20-15(10-18)21-22-17/h4-7,11-12H,8-10,18H2,1-3H3,(H,19,23)(H,20,21,22). The quantitative estimate of drug-likeness (QED) is 0.732. The van der Waals surface area contributed by atoms with E-state index in [0.717, 1.165) is 17.7 Å². The van der Waals surface area contributed by atoms with E-state index in [-0.39, 0.29) is 5.91 Å². The summed E-state index contributed by atoms with van der Waals surface area (Å²) >= 11 is 0. The van der Waals surface area contributed by atoms with Gasteiger partial charge in [-0.3, -0.25) is 9.89 Å². The molecule has 1 amide bonds. The normalized spacial score (nSPS) is 12.4. The minimum Gasteiger partial charge on any atom is -0.326 e. The van der Waals surface area contributed by atoms with Gasteiger partial charge in [0.05, 0.1) is 6.54 Å². The molecule has 0 spiro atoms. The second-order valence-corrected chi connectivity index (χ2v) is 6.37. The maximum absolute atomic E-state index is 12.0. The van der Waals surface area contributed by atoms with E-state index in [4.69, 9.17) is 5.73 Å². The number of hydrogen-bond acceptors (Lipinski definition) is 4. The maximum atomic E-state index is 12.0. The molecule has 0 aliphatic heterocycles. The average molecular weight is 315 g/mol. The molecule has 6 heteroatoms. The van der Waals surface area contributed by atoms with Gasteiger partial charge in [-0.25, -0.2) is 4.98 Å². The lowest BCUT2D eigenvalue weighted by Crippen LogP contribution is -2.16. The van der Waals surface area contributed by atoms with Crippen LogP contribution in [0.5, 0.6) is 0 Å². The third-order valence-corrected chi connectivity index (χ3v) is 3.56. The van der Waals surface area contributed by atoms with Crippen LogP contribution in [0.2, 0.25) is 0 Å². The first-order valence-corrected chi connectivity index (χ1v) is 7.99. The van der Waals surface area contributed by atoms with Crippen molar-refractivity contribution in [2.75, 3.05) is 5.32 Å². The van der Waals surface area contributed by atoms with Crippen molar-refractivity contribution in [3.63, 3.8) is 0 Å².